The second-order valence-electron chi connectivity index (χ2n) is 8.67. The smallest absolute Gasteiger partial charge is 0.313 e. The summed E-state index contributed by atoms with van der Waals surface area (Å²) in [5.41, 5.74) is 2.23. The van der Waals surface area contributed by atoms with Crippen LogP contribution in [-0.4, -0.2) is 27.0 Å². The summed E-state index contributed by atoms with van der Waals surface area (Å²) < 4.78 is 17.9. The number of ether oxygens (including phenoxy) is 2. The summed E-state index contributed by atoms with van der Waals surface area (Å²) in [5.74, 6) is 0.789. The molecular weight excluding hydrogens is 332 g/mol. The Bertz CT molecular complexity index is 677. The van der Waals surface area contributed by atoms with Crippen LogP contribution in [0.3, 0.4) is 0 Å². The lowest BCUT2D eigenvalue weighted by atomic mass is 10.0. The van der Waals surface area contributed by atoms with Crippen LogP contribution in [0.4, 0.5) is 0 Å². The molecule has 1 aromatic rings. The average molecular weight is 363 g/mol. The molecule has 2 aliphatic rings. The molecule has 1 aliphatic heterocycles. The molecule has 0 bridgehead atoms. The van der Waals surface area contributed by atoms with Gasteiger partial charge in [0.2, 0.25) is 0 Å². The number of benzene rings is 1. The van der Waals surface area contributed by atoms with Crippen molar-refractivity contribution in [2.75, 3.05) is 6.61 Å². The van der Waals surface area contributed by atoms with Gasteiger partial charge in [0.1, 0.15) is 17.8 Å². The Morgan fingerprint density at radius 2 is 2.00 bits per heavy atom. The topological polar surface area (TPSA) is 44.8 Å². The summed E-state index contributed by atoms with van der Waals surface area (Å²) in [4.78, 5) is 12.0. The molecule has 0 saturated heterocycles. The number of para-hydroxylation sites is 1. The van der Waals surface area contributed by atoms with E-state index >= 15 is 0 Å². The van der Waals surface area contributed by atoms with E-state index in [1.165, 1.54) is 0 Å². The van der Waals surface area contributed by atoms with Gasteiger partial charge in [-0.05, 0) is 32.0 Å². The summed E-state index contributed by atoms with van der Waals surface area (Å²) in [6.07, 6.45) is -0.0790. The lowest BCUT2D eigenvalue weighted by Gasteiger charge is -2.38. The van der Waals surface area contributed by atoms with Gasteiger partial charge in [-0.3, -0.25) is 4.79 Å². The fourth-order valence-electron chi connectivity index (χ4n) is 3.43. The highest BCUT2D eigenvalue weighted by molar-refractivity contribution is 6.74. The second-order valence-corrected chi connectivity index (χ2v) is 13.4. The summed E-state index contributed by atoms with van der Waals surface area (Å²) >= 11 is 0. The number of hydrogen-bond acceptors (Lipinski definition) is 4. The first-order valence-corrected chi connectivity index (χ1v) is 12.1. The summed E-state index contributed by atoms with van der Waals surface area (Å²) in [6, 6.07) is 6.20. The third-order valence-corrected chi connectivity index (χ3v) is 10.5. The molecule has 1 aliphatic carbocycles. The molecule has 3 rings (SSSR count). The van der Waals surface area contributed by atoms with Gasteiger partial charge in [0.25, 0.3) is 0 Å². The van der Waals surface area contributed by atoms with Crippen LogP contribution in [0.15, 0.2) is 18.2 Å². The van der Waals surface area contributed by atoms with Crippen molar-refractivity contribution in [1.29, 1.82) is 0 Å². The highest BCUT2D eigenvalue weighted by Crippen LogP contribution is 2.60. The first kappa shape index (κ1) is 18.5. The fraction of sp³-hybridized carbons (Fsp3) is 0.650. The molecule has 1 fully saturated rings. The third-order valence-electron chi connectivity index (χ3n) is 5.92. The molecule has 4 nitrogen and oxygen atoms in total. The van der Waals surface area contributed by atoms with E-state index in [4.69, 9.17) is 13.9 Å². The van der Waals surface area contributed by atoms with Crippen molar-refractivity contribution in [3.8, 4) is 5.75 Å². The van der Waals surface area contributed by atoms with Crippen LogP contribution >= 0.6 is 0 Å². The van der Waals surface area contributed by atoms with Gasteiger partial charge in [0, 0.05) is 17.0 Å². The van der Waals surface area contributed by atoms with Crippen molar-refractivity contribution in [1.82, 2.24) is 0 Å². The summed E-state index contributed by atoms with van der Waals surface area (Å²) in [7, 11) is -1.86. The van der Waals surface area contributed by atoms with E-state index in [1.54, 1.807) is 0 Å². The predicted octanol–water partition coefficient (Wildman–Crippen LogP) is 4.81. The van der Waals surface area contributed by atoms with Crippen LogP contribution in [0.5, 0.6) is 5.75 Å². The van der Waals surface area contributed by atoms with Crippen molar-refractivity contribution in [2.45, 2.75) is 70.9 Å². The fourth-order valence-corrected chi connectivity index (χ4v) is 4.79. The van der Waals surface area contributed by atoms with Gasteiger partial charge in [0.15, 0.2) is 8.32 Å². The first-order chi connectivity index (χ1) is 11.6. The van der Waals surface area contributed by atoms with E-state index in [0.29, 0.717) is 6.61 Å². The molecule has 1 heterocycles. The Balaban J connectivity index is 1.79. The molecule has 0 radical (unpaired) electrons. The first-order valence-electron chi connectivity index (χ1n) is 9.22. The minimum atomic E-state index is -1.86. The molecule has 0 unspecified atom stereocenters. The number of hydrogen-bond donors (Lipinski definition) is 0. The van der Waals surface area contributed by atoms with Gasteiger partial charge in [-0.15, -0.1) is 0 Å². The minimum Gasteiger partial charge on any atom is -0.488 e. The van der Waals surface area contributed by atoms with Crippen LogP contribution in [0, 0.1) is 5.92 Å². The maximum absolute atomic E-state index is 12.0. The maximum atomic E-state index is 12.0. The van der Waals surface area contributed by atoms with Crippen molar-refractivity contribution in [2.24, 2.45) is 5.92 Å². The molecule has 0 amide bonds. The van der Waals surface area contributed by atoms with Crippen LogP contribution < -0.4 is 4.74 Å². The zero-order chi connectivity index (χ0) is 18.6. The van der Waals surface area contributed by atoms with Crippen LogP contribution in [-0.2, 0) is 14.0 Å². The molecule has 0 N–H and O–H groups in total. The number of carbonyl (C=O) groups is 1. The summed E-state index contributed by atoms with van der Waals surface area (Å²) in [5, 5.41) is 0.164. The van der Waals surface area contributed by atoms with E-state index in [0.717, 1.165) is 16.9 Å². The molecule has 0 aromatic heterocycles. The highest BCUT2D eigenvalue weighted by Gasteiger charge is 2.64. The predicted molar refractivity (Wildman–Crippen MR) is 100 cm³/mol. The Morgan fingerprint density at radius 3 is 2.60 bits per heavy atom. The van der Waals surface area contributed by atoms with Gasteiger partial charge in [-0.2, -0.15) is 0 Å². The minimum absolute atomic E-state index is 0.0191. The number of fused-ring (bicyclic) bond motifs is 3. The van der Waals surface area contributed by atoms with Crippen LogP contribution in [0.25, 0.3) is 0 Å². The lowest BCUT2D eigenvalue weighted by Crippen LogP contribution is -2.41. The summed E-state index contributed by atoms with van der Waals surface area (Å²) in [6.45, 7) is 15.6. The van der Waals surface area contributed by atoms with Gasteiger partial charge in [-0.1, -0.05) is 39.0 Å². The van der Waals surface area contributed by atoms with Crippen molar-refractivity contribution < 1.29 is 18.7 Å². The Labute approximate surface area is 152 Å². The molecule has 1 saturated carbocycles. The monoisotopic (exact) mass is 362 g/mol. The zero-order valence-electron chi connectivity index (χ0n) is 16.4. The van der Waals surface area contributed by atoms with E-state index in [-0.39, 0.29) is 35.1 Å². The van der Waals surface area contributed by atoms with Crippen molar-refractivity contribution >= 4 is 14.3 Å². The molecule has 5 heteroatoms. The quantitative estimate of drug-likeness (QED) is 0.557. The van der Waals surface area contributed by atoms with E-state index in [2.05, 4.69) is 52.9 Å². The van der Waals surface area contributed by atoms with E-state index in [1.807, 2.05) is 13.0 Å². The highest BCUT2D eigenvalue weighted by atomic mass is 28.4. The van der Waals surface area contributed by atoms with Crippen LogP contribution in [0.1, 0.15) is 57.8 Å². The number of esters is 1. The largest absolute Gasteiger partial charge is 0.488 e. The van der Waals surface area contributed by atoms with E-state index < -0.39 is 8.32 Å². The van der Waals surface area contributed by atoms with Crippen molar-refractivity contribution in [3.05, 3.63) is 29.3 Å². The molecule has 0 spiro atoms. The van der Waals surface area contributed by atoms with Gasteiger partial charge in [0.05, 0.1) is 12.7 Å². The second kappa shape index (κ2) is 6.13. The normalized spacial score (nSPS) is 25.6. The zero-order valence-corrected chi connectivity index (χ0v) is 17.4. The van der Waals surface area contributed by atoms with Gasteiger partial charge < -0.3 is 13.9 Å². The molecular formula is C20H30O4Si. The Morgan fingerprint density at radius 1 is 1.32 bits per heavy atom. The van der Waals surface area contributed by atoms with Gasteiger partial charge in [-0.25, -0.2) is 0 Å². The Hall–Kier alpha value is -1.33. The molecule has 4 atom stereocenters. The SMILES string of the molecule is CCOC(=O)[C@H]1[C@@H]2Oc3c(cccc3[C@@H](C)O[Si](C)(C)C(C)(C)C)[C@@H]21. The lowest BCUT2D eigenvalue weighted by molar-refractivity contribution is -0.145. The van der Waals surface area contributed by atoms with E-state index in [9.17, 15) is 4.79 Å². The average Bonchev–Trinajstić information content (AvgIpc) is 3.08. The van der Waals surface area contributed by atoms with Crippen LogP contribution in [0.2, 0.25) is 18.1 Å². The Kier molecular flexibility index (Phi) is 4.53. The molecule has 25 heavy (non-hydrogen) atoms. The van der Waals surface area contributed by atoms with Crippen molar-refractivity contribution in [3.63, 3.8) is 0 Å². The maximum Gasteiger partial charge on any atom is 0.313 e. The molecule has 138 valence electrons. The standard InChI is InChI=1S/C20H30O4Si/c1-8-22-19(21)16-15-14-11-9-10-13(17(14)23-18(15)16)12(2)24-25(6,7)20(3,4)5/h9-12,15-16,18H,8H2,1-7H3/t12-,15-,16-,18-/m1/s1. The van der Waals surface area contributed by atoms with Gasteiger partial charge >= 0.3 is 5.97 Å². The number of rotatable bonds is 5. The third kappa shape index (κ3) is 3.12. The molecule has 1 aromatic carbocycles. The number of carbonyl (C=O) groups excluding carboxylic acids is 1.